The minimum Gasteiger partial charge on any atom is -0.257 e. The van der Waals surface area contributed by atoms with Crippen molar-refractivity contribution >= 4 is 29.1 Å². The van der Waals surface area contributed by atoms with E-state index in [0.29, 0.717) is 0 Å². The molecule has 1 aliphatic heterocycles. The summed E-state index contributed by atoms with van der Waals surface area (Å²) < 4.78 is 0. The maximum Gasteiger partial charge on any atom is 0.125 e. The SMILES string of the molecule is CC1=Nc2ccccc2C2=C(C=CCC=C2)C1.Cc1nccc(-c2nc3c(c4c2C/C=C\C=C/C4)C=CCC=C3)n1. The summed E-state index contributed by atoms with van der Waals surface area (Å²) >= 11 is 0. The summed E-state index contributed by atoms with van der Waals surface area (Å²) in [6.07, 6.45) is 32.8. The van der Waals surface area contributed by atoms with Gasteiger partial charge in [-0.3, -0.25) is 4.99 Å². The number of aryl methyl sites for hydroxylation is 1. The number of hydrogen-bond acceptors (Lipinski definition) is 4. The molecule has 0 saturated carbocycles. The van der Waals surface area contributed by atoms with Crippen LogP contribution in [0.15, 0.2) is 108 Å². The molecule has 0 saturated heterocycles. The molecule has 2 aromatic heterocycles. The van der Waals surface area contributed by atoms with Gasteiger partial charge in [-0.05, 0) is 80.0 Å². The van der Waals surface area contributed by atoms with Gasteiger partial charge in [0.25, 0.3) is 0 Å². The molecule has 0 radical (unpaired) electrons. The Hall–Kier alpha value is -4.70. The van der Waals surface area contributed by atoms with Crippen molar-refractivity contribution in [3.63, 3.8) is 0 Å². The lowest BCUT2D eigenvalue weighted by molar-refractivity contribution is 1.03. The second kappa shape index (κ2) is 12.2. The molecule has 3 aliphatic carbocycles. The lowest BCUT2D eigenvalue weighted by atomic mass is 9.91. The monoisotopic (exact) mass is 534 g/mol. The molecule has 4 heteroatoms. The number of aliphatic imine (C=N–C) groups is 1. The van der Waals surface area contributed by atoms with Crippen molar-refractivity contribution in [3.05, 3.63) is 137 Å². The van der Waals surface area contributed by atoms with Crippen molar-refractivity contribution in [2.24, 2.45) is 4.99 Å². The van der Waals surface area contributed by atoms with Gasteiger partial charge in [-0.2, -0.15) is 0 Å². The van der Waals surface area contributed by atoms with Crippen LogP contribution in [0.1, 0.15) is 60.0 Å². The zero-order valence-electron chi connectivity index (χ0n) is 23.7. The van der Waals surface area contributed by atoms with Crippen LogP contribution in [-0.4, -0.2) is 20.7 Å². The summed E-state index contributed by atoms with van der Waals surface area (Å²) in [5, 5.41) is 0. The van der Waals surface area contributed by atoms with E-state index in [-0.39, 0.29) is 0 Å². The highest BCUT2D eigenvalue weighted by atomic mass is 14.9. The normalized spacial score (nSPS) is 18.0. The fourth-order valence-corrected chi connectivity index (χ4v) is 5.66. The second-order valence-electron chi connectivity index (χ2n) is 10.5. The van der Waals surface area contributed by atoms with Gasteiger partial charge in [0.2, 0.25) is 0 Å². The highest BCUT2D eigenvalue weighted by molar-refractivity contribution is 5.96. The first kappa shape index (κ1) is 26.5. The molecule has 0 unspecified atom stereocenters. The second-order valence-corrected chi connectivity index (χ2v) is 10.5. The largest absolute Gasteiger partial charge is 0.257 e. The average Bonchev–Trinajstić information content (AvgIpc) is 3.39. The first-order chi connectivity index (χ1) is 20.2. The van der Waals surface area contributed by atoms with Crippen molar-refractivity contribution < 1.29 is 0 Å². The summed E-state index contributed by atoms with van der Waals surface area (Å²) in [5.41, 5.74) is 13.0. The molecule has 7 rings (SSSR count). The van der Waals surface area contributed by atoms with Crippen LogP contribution >= 0.6 is 0 Å². The lowest BCUT2D eigenvalue weighted by Gasteiger charge is -2.18. The van der Waals surface area contributed by atoms with Gasteiger partial charge in [0.05, 0.1) is 22.8 Å². The van der Waals surface area contributed by atoms with Crippen LogP contribution in [0.2, 0.25) is 0 Å². The van der Waals surface area contributed by atoms with Crippen molar-refractivity contribution in [2.75, 3.05) is 0 Å². The van der Waals surface area contributed by atoms with Gasteiger partial charge in [-0.15, -0.1) is 0 Å². The van der Waals surface area contributed by atoms with Gasteiger partial charge in [0.1, 0.15) is 5.82 Å². The van der Waals surface area contributed by atoms with E-state index in [1.54, 1.807) is 0 Å². The van der Waals surface area contributed by atoms with E-state index >= 15 is 0 Å². The number of fused-ring (bicyclic) bond motifs is 5. The van der Waals surface area contributed by atoms with E-state index in [9.17, 15) is 0 Å². The summed E-state index contributed by atoms with van der Waals surface area (Å²) in [6, 6.07) is 10.4. The molecule has 1 aromatic carbocycles. The van der Waals surface area contributed by atoms with Crippen LogP contribution in [-0.2, 0) is 12.8 Å². The highest BCUT2D eigenvalue weighted by Crippen LogP contribution is 2.36. The molecule has 0 fully saturated rings. The third-order valence-electron chi connectivity index (χ3n) is 7.54. The van der Waals surface area contributed by atoms with Crippen molar-refractivity contribution in [1.29, 1.82) is 0 Å². The van der Waals surface area contributed by atoms with Gasteiger partial charge in [0, 0.05) is 29.5 Å². The first-order valence-electron chi connectivity index (χ1n) is 14.4. The standard InChI is InChI=1S/C21H19N3.C16H15N/c1-15-22-14-13-20(23-15)21-18-11-6-3-2-5-9-16(18)17-10-7-4-8-12-19(17)24-21;1-12-11-13-7-3-2-4-8-14(13)15-9-5-6-10-16(15)17-12/h2-3,5-8,10,12-14H,4,9,11H2,1H3;3-10H,2,11H2,1H3/b5-2-,6-3-;. The van der Waals surface area contributed by atoms with Crippen molar-refractivity contribution in [1.82, 2.24) is 15.0 Å². The first-order valence-corrected chi connectivity index (χ1v) is 14.4. The van der Waals surface area contributed by atoms with Gasteiger partial charge in [-0.1, -0.05) is 85.0 Å². The molecule has 0 spiro atoms. The fraction of sp³-hybridized carbons (Fsp3) is 0.189. The zero-order valence-corrected chi connectivity index (χ0v) is 23.7. The minimum absolute atomic E-state index is 0.773. The Morgan fingerprint density at radius 1 is 0.707 bits per heavy atom. The number of para-hydroxylation sites is 1. The summed E-state index contributed by atoms with van der Waals surface area (Å²) in [7, 11) is 0. The molecule has 3 aromatic rings. The van der Waals surface area contributed by atoms with Crippen LogP contribution in [0.3, 0.4) is 0 Å². The Kier molecular flexibility index (Phi) is 7.90. The molecule has 3 heterocycles. The van der Waals surface area contributed by atoms with Crippen molar-refractivity contribution in [3.8, 4) is 11.4 Å². The van der Waals surface area contributed by atoms with Gasteiger partial charge < -0.3 is 0 Å². The maximum absolute atomic E-state index is 4.98. The number of aromatic nitrogens is 3. The van der Waals surface area contributed by atoms with E-state index in [2.05, 4.69) is 114 Å². The highest BCUT2D eigenvalue weighted by Gasteiger charge is 2.19. The fourth-order valence-electron chi connectivity index (χ4n) is 5.66. The molecule has 0 bridgehead atoms. The van der Waals surface area contributed by atoms with Crippen molar-refractivity contribution in [2.45, 2.75) is 46.0 Å². The van der Waals surface area contributed by atoms with E-state index in [0.717, 1.165) is 60.7 Å². The van der Waals surface area contributed by atoms with Crippen LogP contribution in [0.25, 0.3) is 29.1 Å². The van der Waals surface area contributed by atoms with Crippen LogP contribution in [0.4, 0.5) is 5.69 Å². The Bertz CT molecular complexity index is 1720. The van der Waals surface area contributed by atoms with E-state index in [4.69, 9.17) is 9.98 Å². The number of hydrogen-bond donors (Lipinski definition) is 0. The lowest BCUT2D eigenvalue weighted by Crippen LogP contribution is -2.07. The third kappa shape index (κ3) is 5.92. The summed E-state index contributed by atoms with van der Waals surface area (Å²) in [4.78, 5) is 18.5. The predicted octanol–water partition coefficient (Wildman–Crippen LogP) is 8.94. The van der Waals surface area contributed by atoms with Crippen LogP contribution in [0, 0.1) is 6.92 Å². The number of rotatable bonds is 1. The average molecular weight is 535 g/mol. The van der Waals surface area contributed by atoms with E-state index in [1.807, 2.05) is 19.2 Å². The van der Waals surface area contributed by atoms with E-state index < -0.39 is 0 Å². The predicted molar refractivity (Wildman–Crippen MR) is 172 cm³/mol. The molecular formula is C37H34N4. The summed E-state index contributed by atoms with van der Waals surface area (Å²) in [5.74, 6) is 0.773. The van der Waals surface area contributed by atoms with Crippen LogP contribution < -0.4 is 0 Å². The molecule has 4 nitrogen and oxygen atoms in total. The minimum atomic E-state index is 0.773. The zero-order chi connectivity index (χ0) is 28.0. The third-order valence-corrected chi connectivity index (χ3v) is 7.54. The molecule has 0 amide bonds. The number of pyridine rings is 1. The maximum atomic E-state index is 4.98. The van der Waals surface area contributed by atoms with Gasteiger partial charge in [-0.25, -0.2) is 15.0 Å². The smallest absolute Gasteiger partial charge is 0.125 e. The molecule has 0 atom stereocenters. The Morgan fingerprint density at radius 2 is 1.46 bits per heavy atom. The Labute approximate surface area is 242 Å². The molecular weight excluding hydrogens is 500 g/mol. The number of nitrogens with zero attached hydrogens (tertiary/aromatic N) is 4. The molecule has 4 aliphatic rings. The van der Waals surface area contributed by atoms with Gasteiger partial charge in [0.15, 0.2) is 0 Å². The molecule has 41 heavy (non-hydrogen) atoms. The van der Waals surface area contributed by atoms with E-state index in [1.165, 1.54) is 39.1 Å². The van der Waals surface area contributed by atoms with Gasteiger partial charge >= 0.3 is 0 Å². The Morgan fingerprint density at radius 3 is 2.32 bits per heavy atom. The van der Waals surface area contributed by atoms with Crippen LogP contribution in [0.5, 0.6) is 0 Å². The molecule has 0 N–H and O–H groups in total. The number of benzene rings is 1. The quantitative estimate of drug-likeness (QED) is 0.313. The number of allylic oxidation sites excluding steroid dienone is 12. The summed E-state index contributed by atoms with van der Waals surface area (Å²) in [6.45, 7) is 4.02. The Balaban J connectivity index is 0.000000156. The molecule has 202 valence electrons. The topological polar surface area (TPSA) is 51.0 Å².